The number of hydrogen-bond acceptors (Lipinski definition) is 5. The summed E-state index contributed by atoms with van der Waals surface area (Å²) in [4.78, 5) is 14.8. The SMILES string of the molecule is Cc1cccc(C[C@@H]2SC(=NN=Cc3ccco3)N(c3ccccc3)C2=O)c1. The van der Waals surface area contributed by atoms with Crippen molar-refractivity contribution in [3.63, 3.8) is 0 Å². The van der Waals surface area contributed by atoms with Crippen LogP contribution in [0.2, 0.25) is 0 Å². The molecule has 1 atom stereocenters. The van der Waals surface area contributed by atoms with E-state index in [4.69, 9.17) is 4.42 Å². The maximum absolute atomic E-state index is 13.2. The summed E-state index contributed by atoms with van der Waals surface area (Å²) in [6.45, 7) is 2.06. The predicted octanol–water partition coefficient (Wildman–Crippen LogP) is 4.67. The van der Waals surface area contributed by atoms with Crippen molar-refractivity contribution in [2.75, 3.05) is 4.90 Å². The highest BCUT2D eigenvalue weighted by Gasteiger charge is 2.39. The number of rotatable bonds is 5. The maximum Gasteiger partial charge on any atom is 0.247 e. The van der Waals surface area contributed by atoms with Crippen LogP contribution in [-0.2, 0) is 11.2 Å². The van der Waals surface area contributed by atoms with Crippen molar-refractivity contribution >= 4 is 34.7 Å². The number of thioether (sulfide) groups is 1. The number of furan rings is 1. The summed E-state index contributed by atoms with van der Waals surface area (Å²) in [5, 5.41) is 8.76. The van der Waals surface area contributed by atoms with E-state index >= 15 is 0 Å². The highest BCUT2D eigenvalue weighted by atomic mass is 32.2. The molecular weight excluding hydrogens is 370 g/mol. The lowest BCUT2D eigenvalue weighted by Gasteiger charge is -2.15. The fourth-order valence-electron chi connectivity index (χ4n) is 3.03. The molecule has 28 heavy (non-hydrogen) atoms. The van der Waals surface area contributed by atoms with Gasteiger partial charge in [0.05, 0.1) is 23.4 Å². The van der Waals surface area contributed by atoms with Gasteiger partial charge < -0.3 is 4.42 Å². The lowest BCUT2D eigenvalue weighted by Crippen LogP contribution is -2.32. The molecule has 3 aromatic rings. The van der Waals surface area contributed by atoms with E-state index in [0.717, 1.165) is 11.3 Å². The first-order chi connectivity index (χ1) is 13.7. The summed E-state index contributed by atoms with van der Waals surface area (Å²) in [6, 6.07) is 21.4. The van der Waals surface area contributed by atoms with Crippen LogP contribution >= 0.6 is 11.8 Å². The number of nitrogens with zero attached hydrogens (tertiary/aromatic N) is 3. The van der Waals surface area contributed by atoms with E-state index in [1.54, 1.807) is 23.3 Å². The molecule has 5 nitrogen and oxygen atoms in total. The van der Waals surface area contributed by atoms with Gasteiger partial charge in [0.1, 0.15) is 5.76 Å². The Bertz CT molecular complexity index is 1010. The third-order valence-electron chi connectivity index (χ3n) is 4.32. The first-order valence-electron chi connectivity index (χ1n) is 8.96. The molecule has 1 amide bonds. The van der Waals surface area contributed by atoms with Gasteiger partial charge >= 0.3 is 0 Å². The Hall–Kier alpha value is -3.12. The molecule has 0 bridgehead atoms. The predicted molar refractivity (Wildman–Crippen MR) is 114 cm³/mol. The Morgan fingerprint density at radius 3 is 2.71 bits per heavy atom. The number of amidine groups is 1. The second-order valence-corrected chi connectivity index (χ2v) is 7.62. The van der Waals surface area contributed by atoms with Crippen molar-refractivity contribution < 1.29 is 9.21 Å². The van der Waals surface area contributed by atoms with Crippen molar-refractivity contribution in [2.45, 2.75) is 18.6 Å². The van der Waals surface area contributed by atoms with Gasteiger partial charge in [-0.2, -0.15) is 5.10 Å². The summed E-state index contributed by atoms with van der Waals surface area (Å²) in [7, 11) is 0. The first kappa shape index (κ1) is 18.3. The summed E-state index contributed by atoms with van der Waals surface area (Å²) < 4.78 is 5.24. The van der Waals surface area contributed by atoms with Gasteiger partial charge in [-0.1, -0.05) is 59.8 Å². The van der Waals surface area contributed by atoms with Gasteiger partial charge in [-0.3, -0.25) is 9.69 Å². The van der Waals surface area contributed by atoms with E-state index in [2.05, 4.69) is 35.3 Å². The molecule has 1 aliphatic rings. The van der Waals surface area contributed by atoms with Crippen LogP contribution in [0.15, 0.2) is 87.6 Å². The molecule has 2 heterocycles. The highest BCUT2D eigenvalue weighted by molar-refractivity contribution is 8.16. The Morgan fingerprint density at radius 1 is 1.11 bits per heavy atom. The van der Waals surface area contributed by atoms with Crippen molar-refractivity contribution in [2.24, 2.45) is 10.2 Å². The van der Waals surface area contributed by atoms with Gasteiger partial charge in [-0.15, -0.1) is 5.10 Å². The molecule has 140 valence electrons. The number of carbonyl (C=O) groups is 1. The molecule has 0 aliphatic carbocycles. The highest BCUT2D eigenvalue weighted by Crippen LogP contribution is 2.34. The monoisotopic (exact) mass is 389 g/mol. The summed E-state index contributed by atoms with van der Waals surface area (Å²) in [5.74, 6) is 0.630. The average molecular weight is 389 g/mol. The van der Waals surface area contributed by atoms with Crippen molar-refractivity contribution in [3.8, 4) is 0 Å². The molecule has 0 spiro atoms. The molecule has 1 aromatic heterocycles. The van der Waals surface area contributed by atoms with Gasteiger partial charge in [-0.25, -0.2) is 0 Å². The van der Waals surface area contributed by atoms with Crippen LogP contribution < -0.4 is 4.90 Å². The fourth-order valence-corrected chi connectivity index (χ4v) is 4.17. The van der Waals surface area contributed by atoms with E-state index in [-0.39, 0.29) is 11.2 Å². The standard InChI is InChI=1S/C22H19N3O2S/c1-16-7-5-8-17(13-16)14-20-21(26)25(18-9-3-2-4-10-18)22(28-20)24-23-15-19-11-6-12-27-19/h2-13,15,20H,14H2,1H3/t20-/m0/s1. The average Bonchev–Trinajstić information content (AvgIpc) is 3.31. The minimum Gasteiger partial charge on any atom is -0.463 e. The van der Waals surface area contributed by atoms with Gasteiger partial charge in [0, 0.05) is 0 Å². The number of anilines is 1. The topological polar surface area (TPSA) is 58.2 Å². The number of amides is 1. The molecule has 1 fully saturated rings. The number of benzene rings is 2. The molecule has 0 N–H and O–H groups in total. The molecular formula is C22H19N3O2S. The Kier molecular flexibility index (Phi) is 5.39. The minimum atomic E-state index is -0.237. The van der Waals surface area contributed by atoms with Crippen LogP contribution in [0.1, 0.15) is 16.9 Å². The van der Waals surface area contributed by atoms with Crippen LogP contribution in [0.5, 0.6) is 0 Å². The smallest absolute Gasteiger partial charge is 0.247 e. The molecule has 0 saturated carbocycles. The second kappa shape index (κ2) is 8.27. The lowest BCUT2D eigenvalue weighted by molar-refractivity contribution is -0.116. The zero-order chi connectivity index (χ0) is 19.3. The molecule has 1 saturated heterocycles. The third kappa shape index (κ3) is 4.07. The molecule has 0 unspecified atom stereocenters. The molecule has 2 aromatic carbocycles. The van der Waals surface area contributed by atoms with Crippen LogP contribution in [0.25, 0.3) is 0 Å². The van der Waals surface area contributed by atoms with Crippen LogP contribution in [-0.4, -0.2) is 22.5 Å². The number of hydrogen-bond donors (Lipinski definition) is 0. The molecule has 6 heteroatoms. The Balaban J connectivity index is 1.61. The van der Waals surface area contributed by atoms with Crippen molar-refractivity contribution in [1.82, 2.24) is 0 Å². The molecule has 0 radical (unpaired) electrons. The van der Waals surface area contributed by atoms with E-state index in [9.17, 15) is 4.79 Å². The first-order valence-corrected chi connectivity index (χ1v) is 9.84. The van der Waals surface area contributed by atoms with Gasteiger partial charge in [0.25, 0.3) is 0 Å². The fraction of sp³-hybridized carbons (Fsp3) is 0.136. The van der Waals surface area contributed by atoms with Gasteiger partial charge in [0.2, 0.25) is 5.91 Å². The zero-order valence-corrected chi connectivity index (χ0v) is 16.2. The van der Waals surface area contributed by atoms with E-state index < -0.39 is 0 Å². The molecule has 4 rings (SSSR count). The number of para-hydroxylation sites is 1. The van der Waals surface area contributed by atoms with Gasteiger partial charge in [0.15, 0.2) is 5.17 Å². The lowest BCUT2D eigenvalue weighted by atomic mass is 10.1. The van der Waals surface area contributed by atoms with E-state index in [1.807, 2.05) is 36.4 Å². The third-order valence-corrected chi connectivity index (χ3v) is 5.45. The van der Waals surface area contributed by atoms with Crippen molar-refractivity contribution in [1.29, 1.82) is 0 Å². The quantitative estimate of drug-likeness (QED) is 0.471. The molecule has 1 aliphatic heterocycles. The zero-order valence-electron chi connectivity index (χ0n) is 15.4. The number of aryl methyl sites for hydroxylation is 1. The van der Waals surface area contributed by atoms with Crippen molar-refractivity contribution in [3.05, 3.63) is 89.9 Å². The van der Waals surface area contributed by atoms with Crippen LogP contribution in [0.4, 0.5) is 5.69 Å². The minimum absolute atomic E-state index is 0.0182. The van der Waals surface area contributed by atoms with Crippen LogP contribution in [0.3, 0.4) is 0 Å². The maximum atomic E-state index is 13.2. The summed E-state index contributed by atoms with van der Waals surface area (Å²) in [6.07, 6.45) is 3.76. The Morgan fingerprint density at radius 2 is 1.96 bits per heavy atom. The number of carbonyl (C=O) groups excluding carboxylic acids is 1. The van der Waals surface area contributed by atoms with E-state index in [0.29, 0.717) is 17.3 Å². The van der Waals surface area contributed by atoms with Gasteiger partial charge in [-0.05, 0) is 43.2 Å². The largest absolute Gasteiger partial charge is 0.463 e. The van der Waals surface area contributed by atoms with E-state index in [1.165, 1.54) is 23.5 Å². The normalized spacial score (nSPS) is 18.5. The van der Waals surface area contributed by atoms with Crippen LogP contribution in [0, 0.1) is 6.92 Å². The Labute approximate surface area is 167 Å². The second-order valence-electron chi connectivity index (χ2n) is 6.45. The summed E-state index contributed by atoms with van der Waals surface area (Å²) in [5.41, 5.74) is 3.11. The summed E-state index contributed by atoms with van der Waals surface area (Å²) >= 11 is 1.44.